The maximum atomic E-state index is 13.6. The molecule has 7 nitrogen and oxygen atoms in total. The van der Waals surface area contributed by atoms with Crippen molar-refractivity contribution in [3.63, 3.8) is 0 Å². The normalized spacial score (nSPS) is 29.4. The van der Waals surface area contributed by atoms with Gasteiger partial charge in [0, 0.05) is 23.2 Å². The molecule has 3 amide bonds. The molecule has 3 aliphatic rings. The summed E-state index contributed by atoms with van der Waals surface area (Å²) in [6.45, 7) is 3.59. The number of benzene rings is 2. The van der Waals surface area contributed by atoms with Crippen LogP contribution in [0.3, 0.4) is 0 Å². The summed E-state index contributed by atoms with van der Waals surface area (Å²) in [6, 6.07) is 12.3. The number of carbonyl (C=O) groups excluding carboxylic acids is 3. The molecule has 1 spiro atoms. The number of imide groups is 1. The van der Waals surface area contributed by atoms with Gasteiger partial charge < -0.3 is 10.4 Å². The van der Waals surface area contributed by atoms with E-state index in [1.165, 1.54) is 4.90 Å². The standard InChI is InChI=1S/C24H24ClN3O4/c1-12-16(25)9-8-15-19(12)26-23(32)24(15)18-17(20(27-24)13(2)29)21(30)28(22(18)31)11-10-14-6-4-3-5-7-14/h3-9,13,17-18,20,27,29H,10-11H2,1-2H3,(H,26,32)/t13-,17+,18-,20+,24-/m1/s1. The molecule has 0 bridgehead atoms. The van der Waals surface area contributed by atoms with Crippen LogP contribution in [-0.2, 0) is 26.3 Å². The van der Waals surface area contributed by atoms with E-state index in [0.29, 0.717) is 28.3 Å². The third kappa shape index (κ3) is 2.78. The molecule has 3 aliphatic heterocycles. The number of hydrogen-bond donors (Lipinski definition) is 3. The Morgan fingerprint density at radius 1 is 1.12 bits per heavy atom. The highest BCUT2D eigenvalue weighted by atomic mass is 35.5. The van der Waals surface area contributed by atoms with E-state index in [9.17, 15) is 19.5 Å². The van der Waals surface area contributed by atoms with Crippen LogP contribution in [0.25, 0.3) is 0 Å². The van der Waals surface area contributed by atoms with Crippen LogP contribution >= 0.6 is 11.6 Å². The summed E-state index contributed by atoms with van der Waals surface area (Å²) in [5.74, 6) is -2.90. The molecule has 2 fully saturated rings. The van der Waals surface area contributed by atoms with E-state index in [1.54, 1.807) is 26.0 Å². The van der Waals surface area contributed by atoms with Gasteiger partial charge in [0.25, 0.3) is 0 Å². The maximum absolute atomic E-state index is 13.6. The Morgan fingerprint density at radius 2 is 1.84 bits per heavy atom. The quantitative estimate of drug-likeness (QED) is 0.615. The van der Waals surface area contributed by atoms with Crippen LogP contribution < -0.4 is 10.6 Å². The van der Waals surface area contributed by atoms with Crippen LogP contribution in [0.4, 0.5) is 5.69 Å². The predicted octanol–water partition coefficient (Wildman–Crippen LogP) is 1.99. The highest BCUT2D eigenvalue weighted by molar-refractivity contribution is 6.32. The van der Waals surface area contributed by atoms with Crippen molar-refractivity contribution >= 4 is 35.0 Å². The number of aliphatic hydroxyl groups is 1. The van der Waals surface area contributed by atoms with Gasteiger partial charge in [-0.05, 0) is 37.5 Å². The fourth-order valence-electron chi connectivity index (χ4n) is 5.50. The van der Waals surface area contributed by atoms with Gasteiger partial charge in [-0.25, -0.2) is 0 Å². The Kier molecular flexibility index (Phi) is 4.89. The summed E-state index contributed by atoms with van der Waals surface area (Å²) in [4.78, 5) is 41.7. The maximum Gasteiger partial charge on any atom is 0.250 e. The van der Waals surface area contributed by atoms with Gasteiger partial charge in [-0.3, -0.25) is 24.6 Å². The van der Waals surface area contributed by atoms with Gasteiger partial charge in [0.2, 0.25) is 17.7 Å². The average Bonchev–Trinajstić information content (AvgIpc) is 3.36. The zero-order chi connectivity index (χ0) is 22.8. The Balaban J connectivity index is 1.57. The van der Waals surface area contributed by atoms with Crippen LogP contribution in [0, 0.1) is 18.8 Å². The minimum absolute atomic E-state index is 0.228. The Bertz CT molecular complexity index is 1140. The van der Waals surface area contributed by atoms with E-state index in [2.05, 4.69) is 10.6 Å². The first-order valence-corrected chi connectivity index (χ1v) is 11.1. The van der Waals surface area contributed by atoms with Crippen LogP contribution in [0.15, 0.2) is 42.5 Å². The summed E-state index contributed by atoms with van der Waals surface area (Å²) in [5, 5.41) is 17.0. The zero-order valence-electron chi connectivity index (χ0n) is 17.8. The molecule has 3 heterocycles. The van der Waals surface area contributed by atoms with Crippen molar-refractivity contribution in [2.75, 3.05) is 11.9 Å². The summed E-state index contributed by atoms with van der Waals surface area (Å²) < 4.78 is 0. The Labute approximate surface area is 190 Å². The molecule has 5 atom stereocenters. The van der Waals surface area contributed by atoms with Gasteiger partial charge in [0.1, 0.15) is 5.54 Å². The minimum Gasteiger partial charge on any atom is -0.392 e. The van der Waals surface area contributed by atoms with Gasteiger partial charge in [-0.2, -0.15) is 0 Å². The molecule has 0 saturated carbocycles. The first-order chi connectivity index (χ1) is 15.3. The molecule has 5 rings (SSSR count). The Hall–Kier alpha value is -2.74. The first-order valence-electron chi connectivity index (χ1n) is 10.7. The van der Waals surface area contributed by atoms with Crippen molar-refractivity contribution in [1.29, 1.82) is 0 Å². The molecule has 0 unspecified atom stereocenters. The fraction of sp³-hybridized carbons (Fsp3) is 0.375. The number of halogens is 1. The average molecular weight is 454 g/mol. The highest BCUT2D eigenvalue weighted by Gasteiger charge is 2.71. The van der Waals surface area contributed by atoms with Gasteiger partial charge in [-0.1, -0.05) is 48.0 Å². The number of hydrogen-bond acceptors (Lipinski definition) is 5. The molecule has 2 saturated heterocycles. The van der Waals surface area contributed by atoms with Gasteiger partial charge >= 0.3 is 0 Å². The monoisotopic (exact) mass is 453 g/mol. The van der Waals surface area contributed by atoms with Crippen LogP contribution in [0.1, 0.15) is 23.6 Å². The van der Waals surface area contributed by atoms with Crippen LogP contribution in [-0.4, -0.2) is 46.4 Å². The number of nitrogens with zero attached hydrogens (tertiary/aromatic N) is 1. The Morgan fingerprint density at radius 3 is 2.53 bits per heavy atom. The van der Waals surface area contributed by atoms with Crippen molar-refractivity contribution in [1.82, 2.24) is 10.2 Å². The number of aliphatic hydroxyl groups excluding tert-OH is 1. The topological polar surface area (TPSA) is 98.7 Å². The van der Waals surface area contributed by atoms with Gasteiger partial charge in [0.15, 0.2) is 0 Å². The number of rotatable bonds is 4. The molecule has 166 valence electrons. The summed E-state index contributed by atoms with van der Waals surface area (Å²) in [7, 11) is 0. The van der Waals surface area contributed by atoms with E-state index in [4.69, 9.17) is 11.6 Å². The largest absolute Gasteiger partial charge is 0.392 e. The molecule has 2 aromatic carbocycles. The number of amides is 3. The van der Waals surface area contributed by atoms with Crippen LogP contribution in [0.2, 0.25) is 5.02 Å². The van der Waals surface area contributed by atoms with Gasteiger partial charge in [0.05, 0.1) is 23.6 Å². The lowest BCUT2D eigenvalue weighted by atomic mass is 9.76. The number of fused-ring (bicyclic) bond motifs is 4. The third-order valence-corrected chi connectivity index (χ3v) is 7.51. The molecule has 3 N–H and O–H groups in total. The van der Waals surface area contributed by atoms with E-state index >= 15 is 0 Å². The molecule has 0 aromatic heterocycles. The lowest BCUT2D eigenvalue weighted by Crippen LogP contribution is -2.55. The van der Waals surface area contributed by atoms with E-state index in [0.717, 1.165) is 5.56 Å². The highest BCUT2D eigenvalue weighted by Crippen LogP contribution is 2.54. The van der Waals surface area contributed by atoms with E-state index in [-0.39, 0.29) is 18.4 Å². The second-order valence-electron chi connectivity index (χ2n) is 8.83. The predicted molar refractivity (Wildman–Crippen MR) is 119 cm³/mol. The SMILES string of the molecule is Cc1c(Cl)ccc2c1NC(=O)[C@@]21N[C@@H]([C@@H](C)O)[C@H]2C(=O)N(CCc3ccccc3)C(=O)[C@@H]21. The minimum atomic E-state index is -1.43. The lowest BCUT2D eigenvalue weighted by molar-refractivity contribution is -0.143. The van der Waals surface area contributed by atoms with Crippen molar-refractivity contribution in [3.8, 4) is 0 Å². The van der Waals surface area contributed by atoms with E-state index in [1.807, 2.05) is 30.3 Å². The molecular formula is C24H24ClN3O4. The van der Waals surface area contributed by atoms with Crippen LogP contribution in [0.5, 0.6) is 0 Å². The molecule has 0 aliphatic carbocycles. The second-order valence-corrected chi connectivity index (χ2v) is 9.24. The lowest BCUT2D eigenvalue weighted by Gasteiger charge is -2.30. The number of anilines is 1. The number of nitrogens with one attached hydrogen (secondary N) is 2. The van der Waals surface area contributed by atoms with Crippen molar-refractivity contribution < 1.29 is 19.5 Å². The summed E-state index contributed by atoms with van der Waals surface area (Å²) in [6.07, 6.45) is -0.410. The molecular weight excluding hydrogens is 430 g/mol. The van der Waals surface area contributed by atoms with Crippen molar-refractivity contribution in [2.45, 2.75) is 38.0 Å². The first kappa shape index (κ1) is 21.1. The second kappa shape index (κ2) is 7.40. The summed E-state index contributed by atoms with van der Waals surface area (Å²) in [5.41, 5.74) is 1.44. The van der Waals surface area contributed by atoms with Crippen molar-refractivity contribution in [3.05, 3.63) is 64.2 Å². The van der Waals surface area contributed by atoms with Crippen molar-refractivity contribution in [2.24, 2.45) is 11.8 Å². The smallest absolute Gasteiger partial charge is 0.250 e. The molecule has 8 heteroatoms. The number of likely N-dealkylation sites (tertiary alicyclic amines) is 1. The third-order valence-electron chi connectivity index (χ3n) is 7.10. The molecule has 2 aromatic rings. The molecule has 32 heavy (non-hydrogen) atoms. The summed E-state index contributed by atoms with van der Waals surface area (Å²) >= 11 is 6.26. The number of carbonyl (C=O) groups is 3. The van der Waals surface area contributed by atoms with Gasteiger partial charge in [-0.15, -0.1) is 0 Å². The fourth-order valence-corrected chi connectivity index (χ4v) is 5.66. The van der Waals surface area contributed by atoms with E-state index < -0.39 is 35.4 Å². The molecule has 0 radical (unpaired) electrons. The zero-order valence-corrected chi connectivity index (χ0v) is 18.5.